The lowest BCUT2D eigenvalue weighted by atomic mass is 9.95. The van der Waals surface area contributed by atoms with E-state index < -0.39 is 21.9 Å². The fraction of sp³-hybridized carbons (Fsp3) is 0.391. The monoisotopic (exact) mass is 498 g/mol. The van der Waals surface area contributed by atoms with E-state index in [1.807, 2.05) is 0 Å². The fourth-order valence-corrected chi connectivity index (χ4v) is 5.88. The van der Waals surface area contributed by atoms with E-state index in [2.05, 4.69) is 25.0 Å². The van der Waals surface area contributed by atoms with Crippen molar-refractivity contribution in [3.8, 4) is 0 Å². The number of nitrogens with zero attached hydrogens (tertiary/aromatic N) is 4. The van der Waals surface area contributed by atoms with Crippen LogP contribution in [0.4, 0.5) is 5.69 Å². The molecule has 4 heterocycles. The predicted octanol–water partition coefficient (Wildman–Crippen LogP) is 1.28. The molecule has 0 aliphatic carbocycles. The van der Waals surface area contributed by atoms with Crippen LogP contribution in [-0.2, 0) is 19.6 Å². The summed E-state index contributed by atoms with van der Waals surface area (Å²) in [7, 11) is -2.48. The molecule has 11 nitrogen and oxygen atoms in total. The molecule has 2 aliphatic rings. The van der Waals surface area contributed by atoms with Gasteiger partial charge in [-0.2, -0.15) is 5.10 Å². The Morgan fingerprint density at radius 2 is 2.06 bits per heavy atom. The molecule has 12 heteroatoms. The van der Waals surface area contributed by atoms with E-state index in [0.717, 1.165) is 25.9 Å². The lowest BCUT2D eigenvalue weighted by Crippen LogP contribution is -2.33. The van der Waals surface area contributed by atoms with Crippen molar-refractivity contribution >= 4 is 33.1 Å². The highest BCUT2D eigenvalue weighted by Gasteiger charge is 2.36. The van der Waals surface area contributed by atoms with Gasteiger partial charge in [-0.15, -0.1) is 0 Å². The van der Waals surface area contributed by atoms with Gasteiger partial charge in [0.25, 0.3) is 0 Å². The number of carbonyl (C=O) groups excluding carboxylic acids is 2. The van der Waals surface area contributed by atoms with E-state index in [4.69, 9.17) is 4.74 Å². The van der Waals surface area contributed by atoms with Crippen molar-refractivity contribution in [2.45, 2.75) is 30.6 Å². The molecule has 1 amide bonds. The third-order valence-corrected chi connectivity index (χ3v) is 8.08. The van der Waals surface area contributed by atoms with Crippen molar-refractivity contribution in [2.24, 2.45) is 0 Å². The number of carbonyl (C=O) groups is 2. The van der Waals surface area contributed by atoms with Gasteiger partial charge in [0, 0.05) is 25.0 Å². The number of aromatic nitrogens is 3. The summed E-state index contributed by atoms with van der Waals surface area (Å²) in [6.07, 6.45) is 5.10. The average Bonchev–Trinajstić information content (AvgIpc) is 3.55. The molecule has 0 bridgehead atoms. The largest absolute Gasteiger partial charge is 0.465 e. The Labute approximate surface area is 202 Å². The van der Waals surface area contributed by atoms with Gasteiger partial charge >= 0.3 is 5.97 Å². The SMILES string of the molecule is COC(=O)c1cn2ncnc(C3C(=O)Nc4ccc(S(=O)(=O)NCCN5CCCC5)cc43)c2c1C. The Bertz CT molecular complexity index is 1430. The van der Waals surface area contributed by atoms with Crippen LogP contribution < -0.4 is 10.0 Å². The van der Waals surface area contributed by atoms with Crippen LogP contribution in [0.1, 0.15) is 45.9 Å². The second-order valence-corrected chi connectivity index (χ2v) is 10.5. The predicted molar refractivity (Wildman–Crippen MR) is 127 cm³/mol. The first-order valence-corrected chi connectivity index (χ1v) is 12.9. The smallest absolute Gasteiger partial charge is 0.339 e. The topological polar surface area (TPSA) is 135 Å². The van der Waals surface area contributed by atoms with Crippen molar-refractivity contribution in [2.75, 3.05) is 38.6 Å². The Balaban J connectivity index is 1.49. The Morgan fingerprint density at radius 1 is 1.29 bits per heavy atom. The summed E-state index contributed by atoms with van der Waals surface area (Å²) in [6.45, 7) is 4.67. The first kappa shape index (κ1) is 23.4. The maximum atomic E-state index is 13.0. The zero-order chi connectivity index (χ0) is 24.7. The highest BCUT2D eigenvalue weighted by Crippen LogP contribution is 2.40. The van der Waals surface area contributed by atoms with Gasteiger partial charge in [0.1, 0.15) is 12.2 Å². The number of fused-ring (bicyclic) bond motifs is 2. The minimum absolute atomic E-state index is 0.0756. The molecule has 184 valence electrons. The van der Waals surface area contributed by atoms with Crippen LogP contribution in [0.15, 0.2) is 35.6 Å². The number of rotatable bonds is 7. The summed E-state index contributed by atoms with van der Waals surface area (Å²) >= 11 is 0. The van der Waals surface area contributed by atoms with E-state index >= 15 is 0 Å². The van der Waals surface area contributed by atoms with Gasteiger partial charge < -0.3 is 15.0 Å². The maximum Gasteiger partial charge on any atom is 0.339 e. The van der Waals surface area contributed by atoms with Gasteiger partial charge in [-0.25, -0.2) is 27.4 Å². The number of esters is 1. The molecule has 35 heavy (non-hydrogen) atoms. The molecule has 0 radical (unpaired) electrons. The molecule has 2 aliphatic heterocycles. The van der Waals surface area contributed by atoms with Crippen LogP contribution >= 0.6 is 0 Å². The molecule has 1 saturated heterocycles. The quantitative estimate of drug-likeness (QED) is 0.465. The second-order valence-electron chi connectivity index (χ2n) is 8.72. The molecule has 2 N–H and O–H groups in total. The van der Waals surface area contributed by atoms with E-state index in [0.29, 0.717) is 46.7 Å². The standard InChI is InChI=1S/C23H26N6O5S/c1-14-17(23(31)34-2)12-29-21(14)20(24-13-25-29)19-16-11-15(5-6-18(16)27-22(19)30)35(32,33)26-7-10-28-8-3-4-9-28/h5-6,11-13,19,26H,3-4,7-10H2,1-2H3,(H,27,30). The number of sulfonamides is 1. The normalized spacial score (nSPS) is 18.1. The number of amides is 1. The molecular formula is C23H26N6O5S. The highest BCUT2D eigenvalue weighted by molar-refractivity contribution is 7.89. The van der Waals surface area contributed by atoms with E-state index in [-0.39, 0.29) is 10.8 Å². The van der Waals surface area contributed by atoms with Crippen molar-refractivity contribution < 1.29 is 22.7 Å². The lowest BCUT2D eigenvalue weighted by Gasteiger charge is -2.15. The number of nitrogens with one attached hydrogen (secondary N) is 2. The molecule has 1 fully saturated rings. The Kier molecular flexibility index (Phi) is 6.03. The molecule has 1 aromatic carbocycles. The fourth-order valence-electron chi connectivity index (χ4n) is 4.82. The minimum atomic E-state index is -3.77. The van der Waals surface area contributed by atoms with Gasteiger partial charge in [0.2, 0.25) is 15.9 Å². The summed E-state index contributed by atoms with van der Waals surface area (Å²) in [4.78, 5) is 31.9. The molecule has 0 saturated carbocycles. The van der Waals surface area contributed by atoms with Gasteiger partial charge in [-0.05, 0) is 62.2 Å². The van der Waals surface area contributed by atoms with Gasteiger partial charge in [-0.1, -0.05) is 0 Å². The molecule has 2 aromatic heterocycles. The molecule has 3 aromatic rings. The minimum Gasteiger partial charge on any atom is -0.465 e. The summed E-state index contributed by atoms with van der Waals surface area (Å²) in [5.74, 6) is -1.73. The first-order chi connectivity index (χ1) is 16.8. The van der Waals surface area contributed by atoms with Crippen LogP contribution in [0.2, 0.25) is 0 Å². The number of aryl methyl sites for hydroxylation is 1. The van der Waals surface area contributed by atoms with Gasteiger partial charge in [0.15, 0.2) is 0 Å². The van der Waals surface area contributed by atoms with Crippen molar-refractivity contribution in [3.05, 3.63) is 53.1 Å². The van der Waals surface area contributed by atoms with Gasteiger partial charge in [-0.3, -0.25) is 4.79 Å². The lowest BCUT2D eigenvalue weighted by molar-refractivity contribution is -0.116. The number of anilines is 1. The summed E-state index contributed by atoms with van der Waals surface area (Å²) in [5.41, 5.74) is 2.77. The van der Waals surface area contributed by atoms with Crippen LogP contribution in [0, 0.1) is 6.92 Å². The third kappa shape index (κ3) is 4.17. The molecule has 0 spiro atoms. The third-order valence-electron chi connectivity index (χ3n) is 6.62. The molecule has 5 rings (SSSR count). The van der Waals surface area contributed by atoms with Crippen LogP contribution in [-0.4, -0.2) is 73.1 Å². The zero-order valence-electron chi connectivity index (χ0n) is 19.4. The molecular weight excluding hydrogens is 472 g/mol. The second kappa shape index (κ2) is 9.02. The summed E-state index contributed by atoms with van der Waals surface area (Å²) < 4.78 is 35.0. The molecule has 1 unspecified atom stereocenters. The first-order valence-electron chi connectivity index (χ1n) is 11.4. The number of methoxy groups -OCH3 is 1. The van der Waals surface area contributed by atoms with Crippen LogP contribution in [0.5, 0.6) is 0 Å². The number of likely N-dealkylation sites (tertiary alicyclic amines) is 1. The number of benzene rings is 1. The zero-order valence-corrected chi connectivity index (χ0v) is 20.3. The van der Waals surface area contributed by atoms with Crippen molar-refractivity contribution in [1.82, 2.24) is 24.2 Å². The van der Waals surface area contributed by atoms with E-state index in [1.54, 1.807) is 13.0 Å². The summed E-state index contributed by atoms with van der Waals surface area (Å²) in [5, 5.41) is 6.98. The number of ether oxygens (including phenoxy) is 1. The molecule has 1 atom stereocenters. The van der Waals surface area contributed by atoms with E-state index in [1.165, 1.54) is 36.3 Å². The maximum absolute atomic E-state index is 13.0. The number of hydrogen-bond acceptors (Lipinski definition) is 8. The van der Waals surface area contributed by atoms with Crippen LogP contribution in [0.3, 0.4) is 0 Å². The highest BCUT2D eigenvalue weighted by atomic mass is 32.2. The Morgan fingerprint density at radius 3 is 2.80 bits per heavy atom. The summed E-state index contributed by atoms with van der Waals surface area (Å²) in [6, 6.07) is 4.58. The van der Waals surface area contributed by atoms with Gasteiger partial charge in [0.05, 0.1) is 28.8 Å². The van der Waals surface area contributed by atoms with E-state index in [9.17, 15) is 18.0 Å². The van der Waals surface area contributed by atoms with Crippen molar-refractivity contribution in [1.29, 1.82) is 0 Å². The van der Waals surface area contributed by atoms with Crippen molar-refractivity contribution in [3.63, 3.8) is 0 Å². The number of hydrogen-bond donors (Lipinski definition) is 2. The Hall–Kier alpha value is -3.35. The average molecular weight is 499 g/mol. The van der Waals surface area contributed by atoms with Crippen LogP contribution in [0.25, 0.3) is 5.52 Å².